The highest BCUT2D eigenvalue weighted by Gasteiger charge is 2.30. The molecule has 0 bridgehead atoms. The lowest BCUT2D eigenvalue weighted by molar-refractivity contribution is 0.102. The molecule has 180 valence electrons. The average molecular weight is 494 g/mol. The Bertz CT molecular complexity index is 1280. The Morgan fingerprint density at radius 3 is 2.21 bits per heavy atom. The Morgan fingerprint density at radius 2 is 1.61 bits per heavy atom. The van der Waals surface area contributed by atoms with E-state index in [1.54, 1.807) is 39.0 Å². The normalized spacial score (nSPS) is 15.9. The number of hydrogen-bond donors (Lipinski definition) is 2. The van der Waals surface area contributed by atoms with Gasteiger partial charge < -0.3 is 5.32 Å². The number of amides is 1. The molecule has 1 amide bonds. The van der Waals surface area contributed by atoms with Crippen molar-refractivity contribution in [2.75, 3.05) is 29.4 Å². The van der Waals surface area contributed by atoms with Gasteiger partial charge >= 0.3 is 0 Å². The van der Waals surface area contributed by atoms with Crippen LogP contribution in [-0.2, 0) is 20.0 Å². The summed E-state index contributed by atoms with van der Waals surface area (Å²) >= 11 is 0. The first-order valence-electron chi connectivity index (χ1n) is 10.8. The second kappa shape index (κ2) is 9.44. The molecule has 1 aliphatic heterocycles. The van der Waals surface area contributed by atoms with Crippen molar-refractivity contribution in [2.45, 2.75) is 45.4 Å². The maximum absolute atomic E-state index is 13.3. The molecule has 1 heterocycles. The molecule has 10 heteroatoms. The average Bonchev–Trinajstić information content (AvgIpc) is 2.71. The Kier molecular flexibility index (Phi) is 7.21. The van der Waals surface area contributed by atoms with Gasteiger partial charge in [0.25, 0.3) is 5.91 Å². The number of piperidine rings is 1. The lowest BCUT2D eigenvalue weighted by atomic mass is 10.0. The Balaban J connectivity index is 1.91. The van der Waals surface area contributed by atoms with Crippen molar-refractivity contribution in [3.8, 4) is 0 Å². The van der Waals surface area contributed by atoms with Gasteiger partial charge in [-0.1, -0.05) is 13.0 Å². The van der Waals surface area contributed by atoms with Crippen LogP contribution in [0.2, 0.25) is 0 Å². The molecule has 0 atom stereocenters. The molecule has 8 nitrogen and oxygen atoms in total. The van der Waals surface area contributed by atoms with Crippen molar-refractivity contribution in [3.05, 3.63) is 52.6 Å². The van der Waals surface area contributed by atoms with Crippen LogP contribution in [0.5, 0.6) is 0 Å². The molecule has 3 rings (SSSR count). The number of rotatable bonds is 6. The van der Waals surface area contributed by atoms with Gasteiger partial charge in [0.2, 0.25) is 20.0 Å². The minimum atomic E-state index is -3.72. The summed E-state index contributed by atoms with van der Waals surface area (Å²) in [5.41, 5.74) is 3.01. The fourth-order valence-electron chi connectivity index (χ4n) is 3.80. The Morgan fingerprint density at radius 1 is 0.970 bits per heavy atom. The molecule has 0 radical (unpaired) electrons. The third-order valence-corrected chi connectivity index (χ3v) is 8.65. The molecule has 2 aromatic carbocycles. The highest BCUT2D eigenvalue weighted by atomic mass is 32.2. The van der Waals surface area contributed by atoms with Gasteiger partial charge in [-0.15, -0.1) is 0 Å². The molecule has 2 aromatic rings. The number of anilines is 2. The van der Waals surface area contributed by atoms with E-state index in [4.69, 9.17) is 0 Å². The van der Waals surface area contributed by atoms with E-state index >= 15 is 0 Å². The Labute approximate surface area is 196 Å². The molecule has 0 saturated carbocycles. The molecule has 1 saturated heterocycles. The van der Waals surface area contributed by atoms with Crippen LogP contribution in [0.1, 0.15) is 46.8 Å². The number of benzene rings is 2. The van der Waals surface area contributed by atoms with Gasteiger partial charge in [-0.3, -0.25) is 9.52 Å². The van der Waals surface area contributed by atoms with Crippen LogP contribution in [0.3, 0.4) is 0 Å². The van der Waals surface area contributed by atoms with Crippen LogP contribution >= 0.6 is 0 Å². The number of carbonyl (C=O) groups excluding carboxylic acids is 1. The fraction of sp³-hybridized carbons (Fsp3) is 0.435. The first-order chi connectivity index (χ1) is 15.3. The van der Waals surface area contributed by atoms with E-state index in [0.29, 0.717) is 47.1 Å². The quantitative estimate of drug-likeness (QED) is 0.638. The summed E-state index contributed by atoms with van der Waals surface area (Å²) in [5, 5.41) is 2.74. The number of hydrogen-bond acceptors (Lipinski definition) is 5. The summed E-state index contributed by atoms with van der Waals surface area (Å²) in [6.45, 7) is 8.34. The smallest absolute Gasteiger partial charge is 0.255 e. The van der Waals surface area contributed by atoms with Crippen molar-refractivity contribution in [2.24, 2.45) is 5.92 Å². The molecule has 2 N–H and O–H groups in total. The van der Waals surface area contributed by atoms with Gasteiger partial charge in [0, 0.05) is 24.3 Å². The van der Waals surface area contributed by atoms with Crippen molar-refractivity contribution in [3.63, 3.8) is 0 Å². The zero-order valence-electron chi connectivity index (χ0n) is 19.6. The molecule has 0 unspecified atom stereocenters. The van der Waals surface area contributed by atoms with Crippen molar-refractivity contribution in [1.82, 2.24) is 4.31 Å². The van der Waals surface area contributed by atoms with E-state index in [-0.39, 0.29) is 10.5 Å². The third kappa shape index (κ3) is 5.93. The topological polar surface area (TPSA) is 113 Å². The molecule has 1 aliphatic rings. The number of sulfonamides is 2. The molecule has 0 spiro atoms. The van der Waals surface area contributed by atoms with Crippen LogP contribution in [0, 0.1) is 26.7 Å². The van der Waals surface area contributed by atoms with Gasteiger partial charge in [-0.05, 0) is 80.5 Å². The summed E-state index contributed by atoms with van der Waals surface area (Å²) in [6, 6.07) is 7.97. The highest BCUT2D eigenvalue weighted by molar-refractivity contribution is 7.92. The van der Waals surface area contributed by atoms with E-state index in [1.165, 1.54) is 16.4 Å². The van der Waals surface area contributed by atoms with Gasteiger partial charge in [0.15, 0.2) is 0 Å². The van der Waals surface area contributed by atoms with E-state index in [0.717, 1.165) is 19.1 Å². The Hall–Kier alpha value is -2.43. The largest absolute Gasteiger partial charge is 0.322 e. The van der Waals surface area contributed by atoms with Crippen LogP contribution in [0.4, 0.5) is 11.4 Å². The molecule has 1 fully saturated rings. The first kappa shape index (κ1) is 25.2. The minimum absolute atomic E-state index is 0.144. The van der Waals surface area contributed by atoms with E-state index in [2.05, 4.69) is 17.0 Å². The first-order valence-corrected chi connectivity index (χ1v) is 14.1. The zero-order valence-corrected chi connectivity index (χ0v) is 21.2. The third-order valence-electron chi connectivity index (χ3n) is 6.03. The maximum atomic E-state index is 13.3. The van der Waals surface area contributed by atoms with Gasteiger partial charge in [-0.25, -0.2) is 16.8 Å². The standard InChI is InChI=1S/C23H31N3O5S2/c1-15-8-10-26(11-9-15)33(30,31)22-13-19(12-17(3)18(22)4)23(27)24-20-7-6-16(2)21(14-20)25-32(5,28)29/h6-7,12-15,25H,8-11H2,1-5H3,(H,24,27). The maximum Gasteiger partial charge on any atom is 0.255 e. The number of nitrogens with zero attached hydrogens (tertiary/aromatic N) is 1. The van der Waals surface area contributed by atoms with Crippen LogP contribution < -0.4 is 10.0 Å². The second-order valence-corrected chi connectivity index (χ2v) is 12.5. The van der Waals surface area contributed by atoms with Crippen molar-refractivity contribution < 1.29 is 21.6 Å². The lowest BCUT2D eigenvalue weighted by Gasteiger charge is -2.30. The predicted octanol–water partition coefficient (Wildman–Crippen LogP) is 3.66. The number of aryl methyl sites for hydroxylation is 2. The summed E-state index contributed by atoms with van der Waals surface area (Å²) in [4.78, 5) is 13.1. The summed E-state index contributed by atoms with van der Waals surface area (Å²) in [7, 11) is -7.20. The van der Waals surface area contributed by atoms with Crippen LogP contribution in [0.15, 0.2) is 35.2 Å². The second-order valence-electron chi connectivity index (χ2n) is 8.86. The van der Waals surface area contributed by atoms with Gasteiger partial charge in [0.1, 0.15) is 0 Å². The van der Waals surface area contributed by atoms with Crippen molar-refractivity contribution >= 4 is 37.3 Å². The highest BCUT2D eigenvalue weighted by Crippen LogP contribution is 2.29. The van der Waals surface area contributed by atoms with E-state index in [1.807, 2.05) is 0 Å². The lowest BCUT2D eigenvalue weighted by Crippen LogP contribution is -2.38. The summed E-state index contributed by atoms with van der Waals surface area (Å²) in [5.74, 6) is 0.0176. The predicted molar refractivity (Wildman–Crippen MR) is 131 cm³/mol. The fourth-order valence-corrected chi connectivity index (χ4v) is 6.22. The molecular formula is C23H31N3O5S2. The van der Waals surface area contributed by atoms with E-state index in [9.17, 15) is 21.6 Å². The summed E-state index contributed by atoms with van der Waals surface area (Å²) < 4.78 is 53.8. The van der Waals surface area contributed by atoms with E-state index < -0.39 is 26.0 Å². The van der Waals surface area contributed by atoms with Crippen LogP contribution in [-0.4, -0.2) is 46.4 Å². The molecule has 33 heavy (non-hydrogen) atoms. The minimum Gasteiger partial charge on any atom is -0.322 e. The van der Waals surface area contributed by atoms with Gasteiger partial charge in [0.05, 0.1) is 16.8 Å². The zero-order chi connectivity index (χ0) is 24.6. The van der Waals surface area contributed by atoms with Gasteiger partial charge in [-0.2, -0.15) is 4.31 Å². The van der Waals surface area contributed by atoms with Crippen LogP contribution in [0.25, 0.3) is 0 Å². The summed E-state index contributed by atoms with van der Waals surface area (Å²) in [6.07, 6.45) is 2.68. The molecule has 0 aromatic heterocycles. The monoisotopic (exact) mass is 493 g/mol. The molecule has 0 aliphatic carbocycles. The van der Waals surface area contributed by atoms with Crippen molar-refractivity contribution in [1.29, 1.82) is 0 Å². The molecular weight excluding hydrogens is 462 g/mol. The SMILES string of the molecule is Cc1ccc(NC(=O)c2cc(C)c(C)c(S(=O)(=O)N3CCC(C)CC3)c2)cc1NS(C)(=O)=O. The number of carbonyl (C=O) groups is 1. The number of nitrogens with one attached hydrogen (secondary N) is 2.